The Bertz CT molecular complexity index is 1220. The summed E-state index contributed by atoms with van der Waals surface area (Å²) in [6, 6.07) is 10.8. The number of benzene rings is 2. The summed E-state index contributed by atoms with van der Waals surface area (Å²) in [4.78, 5) is 20.8. The molecule has 152 valence electrons. The zero-order valence-electron chi connectivity index (χ0n) is 15.5. The van der Waals surface area contributed by atoms with Crippen LogP contribution in [-0.4, -0.2) is 43.7 Å². The zero-order valence-corrected chi connectivity index (χ0v) is 17.1. The Hall–Kier alpha value is -3.24. The highest BCUT2D eigenvalue weighted by molar-refractivity contribution is 8.00. The van der Waals surface area contributed by atoms with E-state index in [1.165, 1.54) is 42.0 Å². The van der Waals surface area contributed by atoms with Crippen molar-refractivity contribution < 1.29 is 13.9 Å². The normalized spacial score (nSPS) is 10.9. The summed E-state index contributed by atoms with van der Waals surface area (Å²) in [7, 11) is 1.51. The van der Waals surface area contributed by atoms with Crippen LogP contribution in [0.4, 0.5) is 10.1 Å². The maximum absolute atomic E-state index is 13.2. The minimum Gasteiger partial charge on any atom is -0.495 e. The third-order valence-electron chi connectivity index (χ3n) is 4.05. The van der Waals surface area contributed by atoms with Gasteiger partial charge in [0.25, 0.3) is 0 Å². The molecule has 4 rings (SSSR count). The van der Waals surface area contributed by atoms with Crippen LogP contribution >= 0.6 is 23.4 Å². The summed E-state index contributed by atoms with van der Waals surface area (Å²) in [5.41, 5.74) is 1.99. The van der Waals surface area contributed by atoms with E-state index < -0.39 is 0 Å². The van der Waals surface area contributed by atoms with Crippen LogP contribution in [0.1, 0.15) is 0 Å². The number of amides is 1. The van der Waals surface area contributed by atoms with Gasteiger partial charge < -0.3 is 10.1 Å². The van der Waals surface area contributed by atoms with Crippen molar-refractivity contribution in [3.8, 4) is 11.4 Å². The van der Waals surface area contributed by atoms with Gasteiger partial charge in [0.1, 0.15) is 22.9 Å². The standard InChI is InChI=1S/C19H14ClFN6O2S/c1-29-15-7-2-11(20)8-14(15)24-16(28)9-30-19-17-18(22-10-23-19)27(26-25-17)13-5-3-12(21)4-6-13/h2-8,10H,9H2,1H3,(H,24,28). The van der Waals surface area contributed by atoms with E-state index in [2.05, 4.69) is 25.6 Å². The lowest BCUT2D eigenvalue weighted by Gasteiger charge is -2.10. The van der Waals surface area contributed by atoms with Crippen LogP contribution in [0.15, 0.2) is 53.8 Å². The van der Waals surface area contributed by atoms with Crippen molar-refractivity contribution in [2.45, 2.75) is 5.03 Å². The van der Waals surface area contributed by atoms with Gasteiger partial charge in [0.15, 0.2) is 11.2 Å². The molecule has 0 aliphatic carbocycles. The molecule has 2 heterocycles. The number of hydrogen-bond donors (Lipinski definition) is 1. The average Bonchev–Trinajstić information content (AvgIpc) is 3.18. The van der Waals surface area contributed by atoms with Gasteiger partial charge in [-0.3, -0.25) is 4.79 Å². The fourth-order valence-electron chi connectivity index (χ4n) is 2.69. The van der Waals surface area contributed by atoms with Crippen molar-refractivity contribution in [3.05, 3.63) is 59.6 Å². The maximum Gasteiger partial charge on any atom is 0.234 e. The second-order valence-electron chi connectivity index (χ2n) is 6.01. The molecule has 0 atom stereocenters. The molecular weight excluding hydrogens is 431 g/mol. The lowest BCUT2D eigenvalue weighted by atomic mass is 10.3. The van der Waals surface area contributed by atoms with E-state index in [1.807, 2.05) is 0 Å². The number of anilines is 1. The highest BCUT2D eigenvalue weighted by Gasteiger charge is 2.15. The molecule has 30 heavy (non-hydrogen) atoms. The Balaban J connectivity index is 1.51. The summed E-state index contributed by atoms with van der Waals surface area (Å²) in [6.07, 6.45) is 1.37. The fourth-order valence-corrected chi connectivity index (χ4v) is 3.59. The van der Waals surface area contributed by atoms with Gasteiger partial charge in [-0.25, -0.2) is 14.4 Å². The Morgan fingerprint density at radius 3 is 2.80 bits per heavy atom. The maximum atomic E-state index is 13.2. The number of nitrogens with zero attached hydrogens (tertiary/aromatic N) is 5. The fraction of sp³-hybridized carbons (Fsp3) is 0.105. The minimum atomic E-state index is -0.351. The van der Waals surface area contributed by atoms with Gasteiger partial charge in [0.2, 0.25) is 5.91 Å². The number of methoxy groups -OCH3 is 1. The van der Waals surface area contributed by atoms with E-state index in [0.29, 0.717) is 38.3 Å². The molecule has 0 aliphatic rings. The number of halogens is 2. The first-order valence-electron chi connectivity index (χ1n) is 8.63. The van der Waals surface area contributed by atoms with Gasteiger partial charge in [-0.2, -0.15) is 4.68 Å². The van der Waals surface area contributed by atoms with Crippen LogP contribution in [-0.2, 0) is 4.79 Å². The highest BCUT2D eigenvalue weighted by Crippen LogP contribution is 2.29. The van der Waals surface area contributed by atoms with E-state index in [-0.39, 0.29) is 17.5 Å². The largest absolute Gasteiger partial charge is 0.495 e. The van der Waals surface area contributed by atoms with E-state index in [1.54, 1.807) is 30.3 Å². The van der Waals surface area contributed by atoms with Crippen LogP contribution in [0, 0.1) is 5.82 Å². The number of rotatable bonds is 6. The molecule has 0 fully saturated rings. The quantitative estimate of drug-likeness (QED) is 0.357. The topological polar surface area (TPSA) is 94.8 Å². The summed E-state index contributed by atoms with van der Waals surface area (Å²) in [5, 5.41) is 12.0. The molecule has 0 saturated carbocycles. The van der Waals surface area contributed by atoms with Crippen LogP contribution in [0.5, 0.6) is 5.75 Å². The Morgan fingerprint density at radius 2 is 2.03 bits per heavy atom. The number of thioether (sulfide) groups is 1. The number of carbonyl (C=O) groups is 1. The molecule has 0 aliphatic heterocycles. The number of fused-ring (bicyclic) bond motifs is 1. The van der Waals surface area contributed by atoms with Crippen LogP contribution in [0.25, 0.3) is 16.9 Å². The van der Waals surface area contributed by atoms with Gasteiger partial charge in [-0.1, -0.05) is 28.6 Å². The summed E-state index contributed by atoms with van der Waals surface area (Å²) in [5.74, 6) is -0.0374. The Kier molecular flexibility index (Phi) is 5.77. The molecule has 2 aromatic carbocycles. The summed E-state index contributed by atoms with van der Waals surface area (Å²) >= 11 is 7.18. The van der Waals surface area contributed by atoms with E-state index in [0.717, 1.165) is 0 Å². The van der Waals surface area contributed by atoms with Gasteiger partial charge in [0, 0.05) is 5.02 Å². The molecule has 0 unspecified atom stereocenters. The number of carbonyl (C=O) groups excluding carboxylic acids is 1. The Morgan fingerprint density at radius 1 is 1.23 bits per heavy atom. The van der Waals surface area contributed by atoms with Crippen molar-refractivity contribution in [1.82, 2.24) is 25.0 Å². The number of ether oxygens (including phenoxy) is 1. The molecule has 8 nitrogen and oxygen atoms in total. The average molecular weight is 445 g/mol. The lowest BCUT2D eigenvalue weighted by Crippen LogP contribution is -2.15. The molecule has 0 saturated heterocycles. The third kappa shape index (κ3) is 4.19. The summed E-state index contributed by atoms with van der Waals surface area (Å²) < 4.78 is 19.9. The monoisotopic (exact) mass is 444 g/mol. The zero-order chi connectivity index (χ0) is 21.1. The van der Waals surface area contributed by atoms with Crippen molar-refractivity contribution in [2.24, 2.45) is 0 Å². The van der Waals surface area contributed by atoms with Gasteiger partial charge in [-0.05, 0) is 42.5 Å². The van der Waals surface area contributed by atoms with Crippen LogP contribution in [0.3, 0.4) is 0 Å². The smallest absolute Gasteiger partial charge is 0.234 e. The van der Waals surface area contributed by atoms with Crippen molar-refractivity contribution in [2.75, 3.05) is 18.2 Å². The molecule has 0 bridgehead atoms. The first kappa shape index (κ1) is 20.0. The molecule has 2 aromatic heterocycles. The molecule has 0 spiro atoms. The van der Waals surface area contributed by atoms with Crippen molar-refractivity contribution >= 4 is 46.1 Å². The third-order valence-corrected chi connectivity index (χ3v) is 5.26. The van der Waals surface area contributed by atoms with E-state index in [4.69, 9.17) is 16.3 Å². The number of aromatic nitrogens is 5. The first-order valence-corrected chi connectivity index (χ1v) is 10.00. The molecule has 11 heteroatoms. The lowest BCUT2D eigenvalue weighted by molar-refractivity contribution is -0.113. The predicted molar refractivity (Wildman–Crippen MR) is 112 cm³/mol. The number of hydrogen-bond acceptors (Lipinski definition) is 7. The molecule has 1 N–H and O–H groups in total. The SMILES string of the molecule is COc1ccc(Cl)cc1NC(=O)CSc1ncnc2c1nnn2-c1ccc(F)cc1. The highest BCUT2D eigenvalue weighted by atomic mass is 35.5. The number of nitrogens with one attached hydrogen (secondary N) is 1. The molecule has 0 radical (unpaired) electrons. The minimum absolute atomic E-state index is 0.0746. The van der Waals surface area contributed by atoms with Gasteiger partial charge in [0.05, 0.1) is 24.2 Å². The molecular formula is C19H14ClFN6O2S. The Labute approximate surface area is 179 Å². The second kappa shape index (κ2) is 8.64. The predicted octanol–water partition coefficient (Wildman–Crippen LogP) is 3.74. The van der Waals surface area contributed by atoms with Crippen LogP contribution < -0.4 is 10.1 Å². The van der Waals surface area contributed by atoms with Gasteiger partial charge >= 0.3 is 0 Å². The van der Waals surface area contributed by atoms with Crippen molar-refractivity contribution in [3.63, 3.8) is 0 Å². The van der Waals surface area contributed by atoms with Gasteiger partial charge in [-0.15, -0.1) is 5.10 Å². The van der Waals surface area contributed by atoms with E-state index >= 15 is 0 Å². The molecule has 4 aromatic rings. The summed E-state index contributed by atoms with van der Waals surface area (Å²) in [6.45, 7) is 0. The second-order valence-corrected chi connectivity index (χ2v) is 7.41. The molecule has 1 amide bonds. The van der Waals surface area contributed by atoms with Crippen LogP contribution in [0.2, 0.25) is 5.02 Å². The van der Waals surface area contributed by atoms with Crippen molar-refractivity contribution in [1.29, 1.82) is 0 Å². The van der Waals surface area contributed by atoms with E-state index in [9.17, 15) is 9.18 Å². The first-order chi connectivity index (χ1) is 14.5.